The lowest BCUT2D eigenvalue weighted by molar-refractivity contribution is 0.102. The normalized spacial score (nSPS) is 13.1. The SMILES string of the molecule is CN.Cn1c(C(F)F)nc2c(N3CCCC3)c(NC(=O)c3ccc(=O)n(-c4c(F)cccc4F)n3)ccc21. The van der Waals surface area contributed by atoms with E-state index in [2.05, 4.69) is 21.1 Å². The molecule has 5 rings (SSSR count). The van der Waals surface area contributed by atoms with E-state index in [-0.39, 0.29) is 5.69 Å². The largest absolute Gasteiger partial charge is 0.368 e. The Balaban J connectivity index is 0.00000164. The van der Waals surface area contributed by atoms with Crippen LogP contribution in [0.2, 0.25) is 0 Å². The minimum Gasteiger partial charge on any atom is -0.368 e. The Kier molecular flexibility index (Phi) is 7.76. The molecule has 1 amide bonds. The number of hydrogen-bond donors (Lipinski definition) is 2. The third kappa shape index (κ3) is 4.84. The van der Waals surface area contributed by atoms with Crippen molar-refractivity contribution in [2.75, 3.05) is 30.4 Å². The van der Waals surface area contributed by atoms with E-state index in [1.54, 1.807) is 12.1 Å². The fraction of sp³-hybridized carbons (Fsp3) is 0.280. The van der Waals surface area contributed by atoms with E-state index in [1.165, 1.54) is 18.7 Å². The van der Waals surface area contributed by atoms with Crippen LogP contribution in [0.5, 0.6) is 0 Å². The van der Waals surface area contributed by atoms with E-state index in [0.717, 1.165) is 43.2 Å². The van der Waals surface area contributed by atoms with Crippen LogP contribution >= 0.6 is 0 Å². The highest BCUT2D eigenvalue weighted by Gasteiger charge is 2.26. The molecule has 200 valence electrons. The second-order valence-electron chi connectivity index (χ2n) is 8.35. The summed E-state index contributed by atoms with van der Waals surface area (Å²) in [5.41, 5.74) is 4.29. The van der Waals surface area contributed by atoms with Gasteiger partial charge in [0, 0.05) is 26.2 Å². The van der Waals surface area contributed by atoms with Gasteiger partial charge >= 0.3 is 0 Å². The van der Waals surface area contributed by atoms with Crippen LogP contribution in [0.15, 0.2) is 47.3 Å². The van der Waals surface area contributed by atoms with Crippen LogP contribution in [-0.2, 0) is 7.05 Å². The molecule has 2 aromatic carbocycles. The van der Waals surface area contributed by atoms with Gasteiger partial charge < -0.3 is 20.5 Å². The lowest BCUT2D eigenvalue weighted by Crippen LogP contribution is -2.27. The van der Waals surface area contributed by atoms with E-state index in [1.807, 2.05) is 4.90 Å². The third-order valence-corrected chi connectivity index (χ3v) is 6.11. The number of carbonyl (C=O) groups excluding carboxylic acids is 1. The minimum absolute atomic E-state index is 0.279. The summed E-state index contributed by atoms with van der Waals surface area (Å²) in [5, 5.41) is 6.57. The highest BCUT2D eigenvalue weighted by atomic mass is 19.3. The van der Waals surface area contributed by atoms with Gasteiger partial charge in [0.15, 0.2) is 17.5 Å². The Labute approximate surface area is 214 Å². The number of benzene rings is 2. The van der Waals surface area contributed by atoms with Crippen molar-refractivity contribution in [3.63, 3.8) is 0 Å². The van der Waals surface area contributed by atoms with E-state index < -0.39 is 41.0 Å². The van der Waals surface area contributed by atoms with E-state index in [4.69, 9.17) is 0 Å². The number of alkyl halides is 2. The zero-order valence-electron chi connectivity index (χ0n) is 20.6. The summed E-state index contributed by atoms with van der Waals surface area (Å²) in [5.74, 6) is -3.19. The number of para-hydroxylation sites is 1. The lowest BCUT2D eigenvalue weighted by atomic mass is 10.2. The molecule has 0 unspecified atom stereocenters. The average molecular weight is 532 g/mol. The summed E-state index contributed by atoms with van der Waals surface area (Å²) in [6.45, 7) is 1.30. The number of hydrogen-bond acceptors (Lipinski definition) is 6. The molecule has 1 fully saturated rings. The monoisotopic (exact) mass is 531 g/mol. The highest BCUT2D eigenvalue weighted by Crippen LogP contribution is 2.38. The fourth-order valence-corrected chi connectivity index (χ4v) is 4.39. The quantitative estimate of drug-likeness (QED) is 0.380. The van der Waals surface area contributed by atoms with Gasteiger partial charge in [-0.15, -0.1) is 0 Å². The molecule has 0 aliphatic carbocycles. The molecule has 13 heteroatoms. The van der Waals surface area contributed by atoms with Crippen molar-refractivity contribution >= 4 is 28.3 Å². The van der Waals surface area contributed by atoms with Crippen LogP contribution < -0.4 is 21.5 Å². The van der Waals surface area contributed by atoms with Crippen LogP contribution in [0.3, 0.4) is 0 Å². The van der Waals surface area contributed by atoms with Crippen LogP contribution in [0, 0.1) is 11.6 Å². The Morgan fingerprint density at radius 1 is 1.00 bits per heavy atom. The molecule has 38 heavy (non-hydrogen) atoms. The lowest BCUT2D eigenvalue weighted by Gasteiger charge is -2.22. The second-order valence-corrected chi connectivity index (χ2v) is 8.35. The Morgan fingerprint density at radius 3 is 2.29 bits per heavy atom. The molecular weight excluding hydrogens is 506 g/mol. The van der Waals surface area contributed by atoms with Gasteiger partial charge in [0.1, 0.15) is 16.9 Å². The maximum atomic E-state index is 14.3. The number of anilines is 2. The zero-order valence-corrected chi connectivity index (χ0v) is 20.6. The molecule has 0 atom stereocenters. The van der Waals surface area contributed by atoms with Crippen molar-refractivity contribution in [3.8, 4) is 5.69 Å². The molecule has 1 aliphatic heterocycles. The summed E-state index contributed by atoms with van der Waals surface area (Å²) in [6, 6.07) is 8.35. The number of carbonyl (C=O) groups is 1. The van der Waals surface area contributed by atoms with Crippen LogP contribution in [0.25, 0.3) is 16.7 Å². The predicted molar refractivity (Wildman–Crippen MR) is 135 cm³/mol. The van der Waals surface area contributed by atoms with Crippen LogP contribution in [0.1, 0.15) is 35.6 Å². The first-order chi connectivity index (χ1) is 18.3. The van der Waals surface area contributed by atoms with Gasteiger partial charge in [-0.05, 0) is 50.2 Å². The molecule has 0 spiro atoms. The van der Waals surface area contributed by atoms with Gasteiger partial charge in [0.05, 0.1) is 16.9 Å². The molecule has 0 radical (unpaired) electrons. The Morgan fingerprint density at radius 2 is 1.66 bits per heavy atom. The molecule has 1 saturated heterocycles. The Hall–Kier alpha value is -4.26. The van der Waals surface area contributed by atoms with Crippen molar-refractivity contribution in [1.29, 1.82) is 0 Å². The Bertz CT molecular complexity index is 1520. The number of amides is 1. The van der Waals surface area contributed by atoms with E-state index in [9.17, 15) is 27.2 Å². The summed E-state index contributed by atoms with van der Waals surface area (Å²) >= 11 is 0. The van der Waals surface area contributed by atoms with Gasteiger partial charge in [-0.1, -0.05) is 6.07 Å². The molecule has 3 heterocycles. The minimum atomic E-state index is -2.78. The molecule has 0 saturated carbocycles. The number of nitrogens with one attached hydrogen (secondary N) is 1. The summed E-state index contributed by atoms with van der Waals surface area (Å²) in [7, 11) is 3.00. The van der Waals surface area contributed by atoms with Crippen molar-refractivity contribution in [2.24, 2.45) is 12.8 Å². The number of nitrogens with zero attached hydrogens (tertiary/aromatic N) is 5. The maximum absolute atomic E-state index is 14.3. The zero-order chi connectivity index (χ0) is 27.6. The van der Waals surface area contributed by atoms with Crippen molar-refractivity contribution < 1.29 is 22.4 Å². The van der Waals surface area contributed by atoms with Crippen molar-refractivity contribution in [1.82, 2.24) is 19.3 Å². The average Bonchev–Trinajstić information content (AvgIpc) is 3.54. The van der Waals surface area contributed by atoms with Crippen LogP contribution in [0.4, 0.5) is 28.9 Å². The molecule has 2 aromatic heterocycles. The van der Waals surface area contributed by atoms with Gasteiger partial charge in [-0.3, -0.25) is 9.59 Å². The first kappa shape index (κ1) is 26.8. The summed E-state index contributed by atoms with van der Waals surface area (Å²) in [4.78, 5) is 31.5. The first-order valence-electron chi connectivity index (χ1n) is 11.7. The van der Waals surface area contributed by atoms with Gasteiger partial charge in [-0.25, -0.2) is 22.5 Å². The first-order valence-corrected chi connectivity index (χ1v) is 11.7. The number of fused-ring (bicyclic) bond motifs is 1. The van der Waals surface area contributed by atoms with Crippen LogP contribution in [-0.4, -0.2) is 45.4 Å². The number of halogens is 4. The number of aromatic nitrogens is 4. The van der Waals surface area contributed by atoms with E-state index >= 15 is 0 Å². The molecule has 3 N–H and O–H groups in total. The van der Waals surface area contributed by atoms with Crippen molar-refractivity contribution in [3.05, 3.63) is 76.0 Å². The molecule has 9 nitrogen and oxygen atoms in total. The third-order valence-electron chi connectivity index (χ3n) is 6.11. The van der Waals surface area contributed by atoms with Gasteiger partial charge in [0.25, 0.3) is 17.9 Å². The number of nitrogens with two attached hydrogens (primary N) is 1. The number of aryl methyl sites for hydroxylation is 1. The standard InChI is InChI=1S/C24H20F4N6O2.CH5N/c1-32-17-9-7-15(21(33-11-2-3-12-33)19(17)30-23(32)22(27)28)29-24(36)16-8-10-18(35)34(31-16)20-13(25)5-4-6-14(20)26;1-2/h4-10,22H,2-3,11-12H2,1H3,(H,29,36);2H2,1H3. The summed E-state index contributed by atoms with van der Waals surface area (Å²) in [6.07, 6.45) is -1.01. The predicted octanol–water partition coefficient (Wildman–Crippen LogP) is 3.76. The van der Waals surface area contributed by atoms with Gasteiger partial charge in [0.2, 0.25) is 0 Å². The highest BCUT2D eigenvalue weighted by molar-refractivity contribution is 6.08. The number of rotatable bonds is 5. The smallest absolute Gasteiger partial charge is 0.295 e. The van der Waals surface area contributed by atoms with E-state index in [0.29, 0.717) is 40.2 Å². The summed E-state index contributed by atoms with van der Waals surface area (Å²) < 4.78 is 57.3. The molecule has 0 bridgehead atoms. The molecule has 4 aromatic rings. The van der Waals surface area contributed by atoms with Gasteiger partial charge in [-0.2, -0.15) is 9.78 Å². The second kappa shape index (κ2) is 11.0. The fourth-order valence-electron chi connectivity index (χ4n) is 4.39. The number of imidazole rings is 1. The molecule has 1 aliphatic rings. The maximum Gasteiger partial charge on any atom is 0.295 e. The van der Waals surface area contributed by atoms with Crippen molar-refractivity contribution in [2.45, 2.75) is 19.3 Å². The topological polar surface area (TPSA) is 111 Å². The molecular formula is C25H25F4N7O2.